The highest BCUT2D eigenvalue weighted by Gasteiger charge is 2.28. The number of nitrogens with zero attached hydrogens (tertiary/aromatic N) is 2. The monoisotopic (exact) mass is 519 g/mol. The first-order chi connectivity index (χ1) is 17.6. The van der Waals surface area contributed by atoms with Gasteiger partial charge in [-0.25, -0.2) is 8.42 Å². The maximum atomic E-state index is 13.1. The molecule has 37 heavy (non-hydrogen) atoms. The number of nitrogens with two attached hydrogens (primary N) is 1. The van der Waals surface area contributed by atoms with E-state index >= 15 is 0 Å². The second-order valence-electron chi connectivity index (χ2n) is 8.88. The van der Waals surface area contributed by atoms with Gasteiger partial charge in [-0.3, -0.25) is 13.9 Å². The number of carbonyl (C=O) groups excluding carboxylic acids is 2. The van der Waals surface area contributed by atoms with Gasteiger partial charge in [0.25, 0.3) is 5.91 Å². The third-order valence-corrected chi connectivity index (χ3v) is 7.12. The van der Waals surface area contributed by atoms with E-state index in [-0.39, 0.29) is 18.4 Å². The minimum Gasteiger partial charge on any atom is -0.354 e. The summed E-state index contributed by atoms with van der Waals surface area (Å²) in [6.45, 7) is 0.0531. The second kappa shape index (κ2) is 10.5. The largest absolute Gasteiger partial charge is 0.354 e. The number of anilines is 3. The molecular weight excluding hydrogens is 490 g/mol. The molecule has 0 bridgehead atoms. The van der Waals surface area contributed by atoms with E-state index in [1.165, 1.54) is 4.90 Å². The minimum atomic E-state index is -3.75. The van der Waals surface area contributed by atoms with Crippen molar-refractivity contribution in [2.75, 3.05) is 41.8 Å². The molecule has 4 N–H and O–H groups in total. The van der Waals surface area contributed by atoms with Crippen molar-refractivity contribution in [3.05, 3.63) is 89.5 Å². The van der Waals surface area contributed by atoms with Crippen LogP contribution >= 0.6 is 0 Å². The molecule has 10 heteroatoms. The summed E-state index contributed by atoms with van der Waals surface area (Å²) in [5.41, 5.74) is 10.8. The molecule has 1 aliphatic rings. The number of hydrogen-bond donors (Lipinski definition) is 3. The Kier molecular flexibility index (Phi) is 7.33. The van der Waals surface area contributed by atoms with Crippen molar-refractivity contribution in [3.8, 4) is 0 Å². The maximum Gasteiger partial charge on any atom is 0.258 e. The fourth-order valence-electron chi connectivity index (χ4n) is 4.00. The molecule has 0 unspecified atom stereocenters. The molecule has 0 fully saturated rings. The van der Waals surface area contributed by atoms with Gasteiger partial charge in [-0.2, -0.15) is 0 Å². The quantitative estimate of drug-likeness (QED) is 0.393. The lowest BCUT2D eigenvalue weighted by molar-refractivity contribution is -0.127. The summed E-state index contributed by atoms with van der Waals surface area (Å²) in [6.07, 6.45) is 1.06. The van der Waals surface area contributed by atoms with E-state index in [0.29, 0.717) is 34.9 Å². The molecule has 0 saturated heterocycles. The molecule has 0 spiro atoms. The van der Waals surface area contributed by atoms with Gasteiger partial charge >= 0.3 is 0 Å². The predicted octanol–water partition coefficient (Wildman–Crippen LogP) is 2.93. The van der Waals surface area contributed by atoms with Crippen LogP contribution in [0.5, 0.6) is 0 Å². The van der Waals surface area contributed by atoms with Crippen LogP contribution in [0.15, 0.2) is 72.8 Å². The lowest BCUT2D eigenvalue weighted by Gasteiger charge is -2.24. The molecule has 0 radical (unpaired) electrons. The molecule has 192 valence electrons. The van der Waals surface area contributed by atoms with Crippen LogP contribution in [0.3, 0.4) is 0 Å². The predicted molar refractivity (Wildman–Crippen MR) is 147 cm³/mol. The first-order valence-electron chi connectivity index (χ1n) is 11.6. The summed E-state index contributed by atoms with van der Waals surface area (Å²) >= 11 is 0. The first-order valence-corrected chi connectivity index (χ1v) is 13.4. The van der Waals surface area contributed by atoms with Gasteiger partial charge in [0.15, 0.2) is 0 Å². The van der Waals surface area contributed by atoms with E-state index in [1.807, 2.05) is 48.5 Å². The molecule has 3 aromatic rings. The Labute approximate surface area is 216 Å². The Morgan fingerprint density at radius 1 is 1.00 bits per heavy atom. The van der Waals surface area contributed by atoms with E-state index in [9.17, 15) is 18.0 Å². The van der Waals surface area contributed by atoms with Crippen molar-refractivity contribution < 1.29 is 18.0 Å². The van der Waals surface area contributed by atoms with Crippen molar-refractivity contribution >= 4 is 50.2 Å². The fraction of sp³-hybridized carbons (Fsp3) is 0.185. The van der Waals surface area contributed by atoms with Crippen LogP contribution in [-0.4, -0.2) is 52.0 Å². The normalized spacial score (nSPS) is 14.0. The maximum absolute atomic E-state index is 13.1. The van der Waals surface area contributed by atoms with Crippen molar-refractivity contribution in [1.82, 2.24) is 4.90 Å². The number of amides is 2. The zero-order chi connectivity index (χ0) is 26.7. The summed E-state index contributed by atoms with van der Waals surface area (Å²) in [7, 11) is -0.608. The number of fused-ring (bicyclic) bond motifs is 1. The first kappa shape index (κ1) is 25.9. The van der Waals surface area contributed by atoms with Crippen molar-refractivity contribution in [3.63, 3.8) is 0 Å². The number of nitrogens with one attached hydrogen (secondary N) is 2. The standard InChI is InChI=1S/C27H29N5O4S/c1-31(2)24(33)17-32(37(3,35)36)21-8-6-7-20(15-21)29-26(19-13-11-18(16-28)12-14-19)25-22-9-4-5-10-23(22)30-27(25)34/h4-15,29H,16-17,28H2,1-3H3,(H,30,34). The Bertz CT molecular complexity index is 1480. The average molecular weight is 520 g/mol. The zero-order valence-electron chi connectivity index (χ0n) is 20.9. The number of carbonyl (C=O) groups is 2. The Morgan fingerprint density at radius 2 is 1.70 bits per heavy atom. The molecule has 0 atom stereocenters. The molecule has 2 amide bonds. The number of benzene rings is 3. The molecule has 1 aliphatic heterocycles. The van der Waals surface area contributed by atoms with Gasteiger partial charge in [0.2, 0.25) is 15.9 Å². The zero-order valence-corrected chi connectivity index (χ0v) is 21.7. The van der Waals surface area contributed by atoms with Crippen LogP contribution in [0.4, 0.5) is 17.1 Å². The van der Waals surface area contributed by atoms with Gasteiger partial charge in [-0.1, -0.05) is 48.5 Å². The lowest BCUT2D eigenvalue weighted by atomic mass is 9.99. The van der Waals surface area contributed by atoms with Crippen molar-refractivity contribution in [2.24, 2.45) is 5.73 Å². The number of hydrogen-bond acceptors (Lipinski definition) is 6. The van der Waals surface area contributed by atoms with Crippen molar-refractivity contribution in [1.29, 1.82) is 0 Å². The summed E-state index contributed by atoms with van der Waals surface area (Å²) in [6, 6.07) is 21.7. The molecule has 9 nitrogen and oxygen atoms in total. The highest BCUT2D eigenvalue weighted by Crippen LogP contribution is 2.37. The number of para-hydroxylation sites is 1. The molecule has 0 aliphatic carbocycles. The van der Waals surface area contributed by atoms with Gasteiger partial charge < -0.3 is 21.3 Å². The molecule has 4 rings (SSSR count). The molecule has 3 aromatic carbocycles. The van der Waals surface area contributed by atoms with E-state index in [2.05, 4.69) is 10.6 Å². The number of rotatable bonds is 8. The summed E-state index contributed by atoms with van der Waals surface area (Å²) in [4.78, 5) is 26.8. The van der Waals surface area contributed by atoms with E-state index in [0.717, 1.165) is 27.3 Å². The van der Waals surface area contributed by atoms with Gasteiger partial charge in [-0.15, -0.1) is 0 Å². The average Bonchev–Trinajstić information content (AvgIpc) is 3.20. The molecule has 1 heterocycles. The molecular formula is C27H29N5O4S. The SMILES string of the molecule is CN(C)C(=O)CN(c1cccc(NC(=C2C(=O)Nc3ccccc32)c2ccc(CN)cc2)c1)S(C)(=O)=O. The van der Waals surface area contributed by atoms with Gasteiger partial charge in [0, 0.05) is 37.6 Å². The summed E-state index contributed by atoms with van der Waals surface area (Å²) in [5, 5.41) is 6.24. The minimum absolute atomic E-state index is 0.253. The van der Waals surface area contributed by atoms with Gasteiger partial charge in [0.05, 0.1) is 23.2 Å². The van der Waals surface area contributed by atoms with E-state index in [4.69, 9.17) is 5.73 Å². The second-order valence-corrected chi connectivity index (χ2v) is 10.8. The number of likely N-dealkylation sites (N-methyl/N-ethyl adjacent to an activating group) is 1. The van der Waals surface area contributed by atoms with Crippen LogP contribution < -0.4 is 20.7 Å². The lowest BCUT2D eigenvalue weighted by Crippen LogP contribution is -2.39. The van der Waals surface area contributed by atoms with Gasteiger partial charge in [0.1, 0.15) is 6.54 Å². The third kappa shape index (κ3) is 5.65. The summed E-state index contributed by atoms with van der Waals surface area (Å²) < 4.78 is 26.2. The van der Waals surface area contributed by atoms with E-state index in [1.54, 1.807) is 38.4 Å². The number of sulfonamides is 1. The van der Waals surface area contributed by atoms with E-state index < -0.39 is 10.0 Å². The highest BCUT2D eigenvalue weighted by atomic mass is 32.2. The van der Waals surface area contributed by atoms with Crippen molar-refractivity contribution in [2.45, 2.75) is 6.54 Å². The fourth-order valence-corrected chi connectivity index (χ4v) is 4.84. The smallest absolute Gasteiger partial charge is 0.258 e. The van der Waals surface area contributed by atoms with Crippen LogP contribution in [0.1, 0.15) is 16.7 Å². The topological polar surface area (TPSA) is 125 Å². The van der Waals surface area contributed by atoms with Crippen LogP contribution in [-0.2, 0) is 26.2 Å². The Hall–Kier alpha value is -4.15. The summed E-state index contributed by atoms with van der Waals surface area (Å²) in [5.74, 6) is -0.608. The Balaban J connectivity index is 1.81. The van der Waals surface area contributed by atoms with Crippen LogP contribution in [0, 0.1) is 0 Å². The van der Waals surface area contributed by atoms with Crippen LogP contribution in [0.25, 0.3) is 11.3 Å². The third-order valence-electron chi connectivity index (χ3n) is 5.98. The van der Waals surface area contributed by atoms with Crippen LogP contribution in [0.2, 0.25) is 0 Å². The Morgan fingerprint density at radius 3 is 2.35 bits per heavy atom. The molecule has 0 saturated carbocycles. The highest BCUT2D eigenvalue weighted by molar-refractivity contribution is 7.92. The van der Waals surface area contributed by atoms with Gasteiger partial charge in [-0.05, 0) is 35.4 Å². The molecule has 0 aromatic heterocycles.